The Morgan fingerprint density at radius 1 is 1.12 bits per heavy atom. The second-order valence-corrected chi connectivity index (χ2v) is 5.31. The van der Waals surface area contributed by atoms with Crippen LogP contribution in [0.5, 0.6) is 5.75 Å². The first-order valence-electron chi connectivity index (χ1n) is 7.40. The highest BCUT2D eigenvalue weighted by Gasteiger charge is 2.24. The average Bonchev–Trinajstić information content (AvgIpc) is 2.90. The van der Waals surface area contributed by atoms with Gasteiger partial charge in [0.1, 0.15) is 5.75 Å². The number of rotatable bonds is 3. The van der Waals surface area contributed by atoms with Crippen molar-refractivity contribution in [1.29, 1.82) is 0 Å². The van der Waals surface area contributed by atoms with Gasteiger partial charge in [-0.3, -0.25) is 4.79 Å². The van der Waals surface area contributed by atoms with Crippen LogP contribution in [-0.4, -0.2) is 17.8 Å². The Kier molecular flexibility index (Phi) is 4.24. The Balaban J connectivity index is 1.86. The van der Waals surface area contributed by atoms with E-state index in [1.807, 2.05) is 31.2 Å². The van der Waals surface area contributed by atoms with Gasteiger partial charge in [0.05, 0.1) is 0 Å². The molecule has 2 aromatic rings. The van der Waals surface area contributed by atoms with E-state index < -0.39 is 5.97 Å². The zero-order valence-electron chi connectivity index (χ0n) is 13.3. The van der Waals surface area contributed by atoms with Crippen LogP contribution in [0.2, 0.25) is 0 Å². The Morgan fingerprint density at radius 3 is 2.50 bits per heavy atom. The molecule has 0 bridgehead atoms. The summed E-state index contributed by atoms with van der Waals surface area (Å²) in [5, 5.41) is 0. The third-order valence-corrected chi connectivity index (χ3v) is 3.44. The summed E-state index contributed by atoms with van der Waals surface area (Å²) >= 11 is 0. The van der Waals surface area contributed by atoms with Crippen LogP contribution in [0.15, 0.2) is 59.2 Å². The molecule has 0 N–H and O–H groups in total. The van der Waals surface area contributed by atoms with E-state index in [0.717, 1.165) is 16.7 Å². The summed E-state index contributed by atoms with van der Waals surface area (Å²) in [6.45, 7) is 3.27. The lowest BCUT2D eigenvalue weighted by Gasteiger charge is -2.02. The van der Waals surface area contributed by atoms with Crippen molar-refractivity contribution in [1.82, 2.24) is 0 Å². The highest BCUT2D eigenvalue weighted by molar-refractivity contribution is 6.13. The Labute approximate surface area is 139 Å². The molecule has 5 nitrogen and oxygen atoms in total. The minimum absolute atomic E-state index is 0.230. The number of esters is 2. The summed E-state index contributed by atoms with van der Waals surface area (Å²) in [4.78, 5) is 27.2. The second-order valence-electron chi connectivity index (χ2n) is 5.31. The van der Waals surface area contributed by atoms with Crippen molar-refractivity contribution >= 4 is 23.9 Å². The molecule has 0 saturated heterocycles. The number of benzene rings is 2. The molecule has 0 aromatic heterocycles. The lowest BCUT2D eigenvalue weighted by Crippen LogP contribution is -2.06. The lowest BCUT2D eigenvalue weighted by atomic mass is 10.1. The minimum Gasteiger partial charge on any atom is -0.427 e. The topological polar surface area (TPSA) is 65.0 Å². The molecule has 0 atom stereocenters. The molecule has 120 valence electrons. The predicted molar refractivity (Wildman–Crippen MR) is 89.5 cm³/mol. The van der Waals surface area contributed by atoms with E-state index in [9.17, 15) is 9.59 Å². The van der Waals surface area contributed by atoms with E-state index in [1.165, 1.54) is 6.92 Å². The molecular formula is C19H15NO4. The minimum atomic E-state index is -0.489. The van der Waals surface area contributed by atoms with Crippen molar-refractivity contribution in [3.63, 3.8) is 0 Å². The monoisotopic (exact) mass is 321 g/mol. The van der Waals surface area contributed by atoms with E-state index in [2.05, 4.69) is 4.99 Å². The fraction of sp³-hybridized carbons (Fsp3) is 0.105. The summed E-state index contributed by atoms with van der Waals surface area (Å²) in [5.41, 5.74) is 2.76. The predicted octanol–water partition coefficient (Wildman–Crippen LogP) is 3.26. The lowest BCUT2D eigenvalue weighted by molar-refractivity contribution is -0.132. The van der Waals surface area contributed by atoms with Gasteiger partial charge in [-0.1, -0.05) is 30.3 Å². The van der Waals surface area contributed by atoms with Crippen molar-refractivity contribution in [2.24, 2.45) is 4.99 Å². The van der Waals surface area contributed by atoms with Gasteiger partial charge in [-0.15, -0.1) is 0 Å². The first-order valence-corrected chi connectivity index (χ1v) is 7.40. The van der Waals surface area contributed by atoms with Crippen molar-refractivity contribution < 1.29 is 19.1 Å². The molecule has 0 unspecified atom stereocenters. The fourth-order valence-electron chi connectivity index (χ4n) is 2.29. The maximum Gasteiger partial charge on any atom is 0.363 e. The molecule has 1 aliphatic rings. The van der Waals surface area contributed by atoms with Gasteiger partial charge in [0.15, 0.2) is 5.70 Å². The molecule has 2 aromatic carbocycles. The van der Waals surface area contributed by atoms with Crippen LogP contribution in [0.4, 0.5) is 0 Å². The Hall–Kier alpha value is -3.21. The van der Waals surface area contributed by atoms with Crippen molar-refractivity contribution in [3.8, 4) is 5.75 Å². The third-order valence-electron chi connectivity index (χ3n) is 3.44. The van der Waals surface area contributed by atoms with Crippen molar-refractivity contribution in [2.45, 2.75) is 13.8 Å². The van der Waals surface area contributed by atoms with Gasteiger partial charge in [0.2, 0.25) is 5.90 Å². The van der Waals surface area contributed by atoms with Crippen molar-refractivity contribution in [3.05, 3.63) is 70.9 Å². The van der Waals surface area contributed by atoms with Crippen LogP contribution in [0.25, 0.3) is 6.08 Å². The third kappa shape index (κ3) is 3.41. The van der Waals surface area contributed by atoms with E-state index in [0.29, 0.717) is 11.6 Å². The molecule has 3 rings (SSSR count). The molecule has 0 radical (unpaired) electrons. The van der Waals surface area contributed by atoms with E-state index in [4.69, 9.17) is 9.47 Å². The molecule has 0 spiro atoms. The summed E-state index contributed by atoms with van der Waals surface area (Å²) < 4.78 is 10.2. The molecule has 1 aliphatic heterocycles. The second kappa shape index (κ2) is 6.50. The molecule has 0 amide bonds. The van der Waals surface area contributed by atoms with Gasteiger partial charge < -0.3 is 9.47 Å². The van der Waals surface area contributed by atoms with Gasteiger partial charge in [-0.05, 0) is 42.3 Å². The van der Waals surface area contributed by atoms with Crippen LogP contribution in [0.1, 0.15) is 23.6 Å². The van der Waals surface area contributed by atoms with Crippen LogP contribution < -0.4 is 4.74 Å². The quantitative estimate of drug-likeness (QED) is 0.494. The molecule has 0 fully saturated rings. The maximum absolute atomic E-state index is 12.0. The highest BCUT2D eigenvalue weighted by atomic mass is 16.6. The molecule has 0 saturated carbocycles. The van der Waals surface area contributed by atoms with Crippen LogP contribution in [0.3, 0.4) is 0 Å². The van der Waals surface area contributed by atoms with Gasteiger partial charge in [0, 0.05) is 12.5 Å². The van der Waals surface area contributed by atoms with Gasteiger partial charge in [0.25, 0.3) is 0 Å². The number of nitrogens with zero attached hydrogens (tertiary/aromatic N) is 1. The standard InChI is InChI=1S/C19H15NO4/c1-12-5-3-4-6-16(12)18-20-17(19(22)24-18)11-14-7-9-15(10-8-14)23-13(2)21/h3-11H,1-2H3. The zero-order chi connectivity index (χ0) is 17.1. The number of cyclic esters (lactones) is 1. The largest absolute Gasteiger partial charge is 0.427 e. The number of aliphatic imine (C=N–C) groups is 1. The van der Waals surface area contributed by atoms with Gasteiger partial charge >= 0.3 is 11.9 Å². The highest BCUT2D eigenvalue weighted by Crippen LogP contribution is 2.21. The molecule has 5 heteroatoms. The fourth-order valence-corrected chi connectivity index (χ4v) is 2.29. The van der Waals surface area contributed by atoms with E-state index in [1.54, 1.807) is 30.3 Å². The molecule has 24 heavy (non-hydrogen) atoms. The number of hydrogen-bond donors (Lipinski definition) is 0. The summed E-state index contributed by atoms with van der Waals surface area (Å²) in [6, 6.07) is 14.4. The van der Waals surface area contributed by atoms with Crippen LogP contribution in [0, 0.1) is 6.92 Å². The molecule has 0 aliphatic carbocycles. The number of aryl methyl sites for hydroxylation is 1. The first-order chi connectivity index (χ1) is 11.5. The smallest absolute Gasteiger partial charge is 0.363 e. The van der Waals surface area contributed by atoms with Crippen molar-refractivity contribution in [2.75, 3.05) is 0 Å². The number of carbonyl (C=O) groups is 2. The van der Waals surface area contributed by atoms with Crippen LogP contribution in [-0.2, 0) is 14.3 Å². The Bertz CT molecular complexity index is 863. The zero-order valence-corrected chi connectivity index (χ0v) is 13.3. The SMILES string of the molecule is CC(=O)Oc1ccc(C=C2N=C(c3ccccc3C)OC2=O)cc1. The maximum atomic E-state index is 12.0. The number of carbonyl (C=O) groups excluding carboxylic acids is 2. The summed E-state index contributed by atoms with van der Waals surface area (Å²) in [5.74, 6) is -0.117. The van der Waals surface area contributed by atoms with Crippen LogP contribution >= 0.6 is 0 Å². The first kappa shape index (κ1) is 15.7. The van der Waals surface area contributed by atoms with E-state index >= 15 is 0 Å². The average molecular weight is 321 g/mol. The normalized spacial score (nSPS) is 15.2. The van der Waals surface area contributed by atoms with Gasteiger partial charge in [-0.25, -0.2) is 9.79 Å². The molecule has 1 heterocycles. The van der Waals surface area contributed by atoms with Gasteiger partial charge in [-0.2, -0.15) is 0 Å². The number of hydrogen-bond acceptors (Lipinski definition) is 5. The summed E-state index contributed by atoms with van der Waals surface area (Å²) in [7, 11) is 0. The molecular weight excluding hydrogens is 306 g/mol. The Morgan fingerprint density at radius 2 is 1.83 bits per heavy atom. The van der Waals surface area contributed by atoms with E-state index in [-0.39, 0.29) is 11.7 Å². The summed E-state index contributed by atoms with van der Waals surface area (Å²) in [6.07, 6.45) is 1.63. The number of ether oxygens (including phenoxy) is 2.